The molecule has 0 saturated heterocycles. The predicted molar refractivity (Wildman–Crippen MR) is 86.9 cm³/mol. The number of amides is 1. The Morgan fingerprint density at radius 2 is 1.95 bits per heavy atom. The van der Waals surface area contributed by atoms with Crippen LogP contribution in [0.4, 0.5) is 0 Å². The normalized spacial score (nSPS) is 10.5. The van der Waals surface area contributed by atoms with Crippen LogP contribution in [-0.2, 0) is 11.9 Å². The molecule has 1 amide bonds. The lowest BCUT2D eigenvalue weighted by Crippen LogP contribution is -2.25. The maximum absolute atomic E-state index is 12.3. The third-order valence-electron chi connectivity index (χ3n) is 2.74. The highest BCUT2D eigenvalue weighted by Crippen LogP contribution is 2.22. The average Bonchev–Trinajstić information content (AvgIpc) is 2.83. The van der Waals surface area contributed by atoms with Gasteiger partial charge in [-0.2, -0.15) is 0 Å². The second-order valence-corrected chi connectivity index (χ2v) is 7.10. The molecule has 100 valence electrons. The van der Waals surface area contributed by atoms with E-state index in [1.807, 2.05) is 37.4 Å². The molecule has 0 aliphatic heterocycles. The van der Waals surface area contributed by atoms with Crippen LogP contribution in [0.1, 0.15) is 21.5 Å². The number of rotatable bonds is 4. The SMILES string of the molecule is CN(Cc1csc(Br)c1)C(=O)c1ccc(CBr)cc1. The van der Waals surface area contributed by atoms with E-state index in [2.05, 4.69) is 37.2 Å². The summed E-state index contributed by atoms with van der Waals surface area (Å²) in [5.41, 5.74) is 3.03. The van der Waals surface area contributed by atoms with E-state index in [1.165, 1.54) is 5.56 Å². The van der Waals surface area contributed by atoms with Gasteiger partial charge in [-0.15, -0.1) is 11.3 Å². The summed E-state index contributed by atoms with van der Waals surface area (Å²) >= 11 is 8.46. The van der Waals surface area contributed by atoms with Crippen molar-refractivity contribution in [2.75, 3.05) is 7.05 Å². The van der Waals surface area contributed by atoms with Crippen molar-refractivity contribution in [2.45, 2.75) is 11.9 Å². The molecule has 0 aliphatic carbocycles. The van der Waals surface area contributed by atoms with Gasteiger partial charge in [-0.1, -0.05) is 28.1 Å². The number of halogens is 2. The number of benzene rings is 1. The number of thiophene rings is 1. The zero-order valence-corrected chi connectivity index (χ0v) is 14.4. The fraction of sp³-hybridized carbons (Fsp3) is 0.214. The van der Waals surface area contributed by atoms with Crippen LogP contribution in [-0.4, -0.2) is 17.9 Å². The third kappa shape index (κ3) is 3.91. The van der Waals surface area contributed by atoms with Gasteiger partial charge in [0.2, 0.25) is 0 Å². The molecule has 0 spiro atoms. The molecule has 2 aromatic rings. The lowest BCUT2D eigenvalue weighted by atomic mass is 10.1. The zero-order valence-electron chi connectivity index (χ0n) is 10.4. The van der Waals surface area contributed by atoms with Crippen LogP contribution in [0.5, 0.6) is 0 Å². The third-order valence-corrected chi connectivity index (χ3v) is 4.94. The minimum atomic E-state index is 0.0449. The Hall–Kier alpha value is -0.650. The molecule has 2 nitrogen and oxygen atoms in total. The largest absolute Gasteiger partial charge is 0.337 e. The van der Waals surface area contributed by atoms with Crippen molar-refractivity contribution < 1.29 is 4.79 Å². The summed E-state index contributed by atoms with van der Waals surface area (Å²) in [6.45, 7) is 0.626. The first-order valence-corrected chi connectivity index (χ1v) is 8.53. The molecule has 1 aromatic carbocycles. The topological polar surface area (TPSA) is 20.3 Å². The maximum atomic E-state index is 12.3. The predicted octanol–water partition coefficient (Wildman–Crippen LogP) is 4.68. The van der Waals surface area contributed by atoms with Crippen LogP contribution in [0, 0.1) is 0 Å². The highest BCUT2D eigenvalue weighted by molar-refractivity contribution is 9.11. The smallest absolute Gasteiger partial charge is 0.253 e. The molecule has 1 aromatic heterocycles. The highest BCUT2D eigenvalue weighted by atomic mass is 79.9. The minimum Gasteiger partial charge on any atom is -0.337 e. The summed E-state index contributed by atoms with van der Waals surface area (Å²) in [6, 6.07) is 9.73. The number of hydrogen-bond acceptors (Lipinski definition) is 2. The molecule has 0 radical (unpaired) electrons. The van der Waals surface area contributed by atoms with Crippen molar-refractivity contribution >= 4 is 49.1 Å². The summed E-state index contributed by atoms with van der Waals surface area (Å²) < 4.78 is 1.09. The number of carbonyl (C=O) groups excluding carboxylic acids is 1. The Balaban J connectivity index is 2.05. The molecule has 0 bridgehead atoms. The monoisotopic (exact) mass is 401 g/mol. The van der Waals surface area contributed by atoms with E-state index in [1.54, 1.807) is 16.2 Å². The summed E-state index contributed by atoms with van der Waals surface area (Å²) in [5.74, 6) is 0.0449. The highest BCUT2D eigenvalue weighted by Gasteiger charge is 2.12. The first-order valence-electron chi connectivity index (χ1n) is 5.73. The van der Waals surface area contributed by atoms with Crippen molar-refractivity contribution in [1.29, 1.82) is 0 Å². The first kappa shape index (κ1) is 14.8. The standard InChI is InChI=1S/C14H13Br2NOS/c1-17(8-11-6-13(16)19-9-11)14(18)12-4-2-10(7-15)3-5-12/h2-6,9H,7-8H2,1H3. The molecular weight excluding hydrogens is 390 g/mol. The first-order chi connectivity index (χ1) is 9.10. The van der Waals surface area contributed by atoms with Gasteiger partial charge in [0, 0.05) is 24.5 Å². The van der Waals surface area contributed by atoms with Gasteiger partial charge in [0.25, 0.3) is 5.91 Å². The van der Waals surface area contributed by atoms with Crippen molar-refractivity contribution in [3.05, 3.63) is 56.2 Å². The number of alkyl halides is 1. The fourth-order valence-electron chi connectivity index (χ4n) is 1.73. The van der Waals surface area contributed by atoms with Crippen LogP contribution in [0.25, 0.3) is 0 Å². The van der Waals surface area contributed by atoms with Gasteiger partial charge in [-0.25, -0.2) is 0 Å². The molecule has 2 rings (SSSR count). The summed E-state index contributed by atoms with van der Waals surface area (Å²) in [7, 11) is 1.83. The van der Waals surface area contributed by atoms with E-state index in [4.69, 9.17) is 0 Å². The summed E-state index contributed by atoms with van der Waals surface area (Å²) in [6.07, 6.45) is 0. The summed E-state index contributed by atoms with van der Waals surface area (Å²) in [4.78, 5) is 14.0. The Bertz CT molecular complexity index is 565. The molecule has 0 unspecified atom stereocenters. The van der Waals surface area contributed by atoms with E-state index in [0.29, 0.717) is 6.54 Å². The second kappa shape index (κ2) is 6.68. The second-order valence-electron chi connectivity index (χ2n) is 4.25. The number of nitrogens with zero attached hydrogens (tertiary/aromatic N) is 1. The van der Waals surface area contributed by atoms with Gasteiger partial charge in [0.15, 0.2) is 0 Å². The van der Waals surface area contributed by atoms with Gasteiger partial charge in [0.1, 0.15) is 0 Å². The molecule has 19 heavy (non-hydrogen) atoms. The van der Waals surface area contributed by atoms with Gasteiger partial charge < -0.3 is 4.90 Å². The van der Waals surface area contributed by atoms with E-state index in [-0.39, 0.29) is 5.91 Å². The Kier molecular flexibility index (Phi) is 5.19. The van der Waals surface area contributed by atoms with E-state index < -0.39 is 0 Å². The van der Waals surface area contributed by atoms with Crippen LogP contribution < -0.4 is 0 Å². The van der Waals surface area contributed by atoms with E-state index in [0.717, 1.165) is 20.2 Å². The molecular formula is C14H13Br2NOS. The summed E-state index contributed by atoms with van der Waals surface area (Å²) in [5, 5.41) is 2.86. The maximum Gasteiger partial charge on any atom is 0.253 e. The van der Waals surface area contributed by atoms with Crippen molar-refractivity contribution in [2.24, 2.45) is 0 Å². The quantitative estimate of drug-likeness (QED) is 0.680. The Labute approximate surface area is 133 Å². The zero-order chi connectivity index (χ0) is 13.8. The van der Waals surface area contributed by atoms with Crippen LogP contribution in [0.3, 0.4) is 0 Å². The van der Waals surface area contributed by atoms with Gasteiger partial charge in [-0.3, -0.25) is 4.79 Å². The fourth-order valence-corrected chi connectivity index (χ4v) is 3.31. The molecule has 0 saturated carbocycles. The molecule has 0 aliphatic rings. The van der Waals surface area contributed by atoms with E-state index >= 15 is 0 Å². The lowest BCUT2D eigenvalue weighted by Gasteiger charge is -2.16. The molecule has 0 N–H and O–H groups in total. The number of hydrogen-bond donors (Lipinski definition) is 0. The van der Waals surface area contributed by atoms with Crippen molar-refractivity contribution in [3.8, 4) is 0 Å². The van der Waals surface area contributed by atoms with Crippen LogP contribution >= 0.6 is 43.2 Å². The van der Waals surface area contributed by atoms with Gasteiger partial charge in [-0.05, 0) is 50.6 Å². The van der Waals surface area contributed by atoms with Crippen molar-refractivity contribution in [3.63, 3.8) is 0 Å². The molecule has 0 atom stereocenters. The van der Waals surface area contributed by atoms with Crippen molar-refractivity contribution in [1.82, 2.24) is 4.90 Å². The minimum absolute atomic E-state index is 0.0449. The average molecular weight is 403 g/mol. The molecule has 5 heteroatoms. The van der Waals surface area contributed by atoms with Crippen LogP contribution in [0.15, 0.2) is 39.5 Å². The van der Waals surface area contributed by atoms with Gasteiger partial charge in [0.05, 0.1) is 3.79 Å². The molecule has 1 heterocycles. The lowest BCUT2D eigenvalue weighted by molar-refractivity contribution is 0.0785. The number of carbonyl (C=O) groups is 1. The molecule has 0 fully saturated rings. The van der Waals surface area contributed by atoms with E-state index in [9.17, 15) is 4.79 Å². The van der Waals surface area contributed by atoms with Gasteiger partial charge >= 0.3 is 0 Å². The Morgan fingerprint density at radius 1 is 1.26 bits per heavy atom. The van der Waals surface area contributed by atoms with Crippen LogP contribution in [0.2, 0.25) is 0 Å². The Morgan fingerprint density at radius 3 is 2.47 bits per heavy atom.